The van der Waals surface area contributed by atoms with Crippen LogP contribution < -0.4 is 10.7 Å². The maximum Gasteiger partial charge on any atom is 0.249 e. The standard InChI is InChI=1S/C20H27N3O6S/c1-12-10-15(24)17(26)18(28-12)20(5-7-27-8-6-20)11-16(25)22-14(4-9-30-3)19-21-13(2)23-29-19/h10,14,26H,4-9,11H2,1-3H3,(H,22,25). The summed E-state index contributed by atoms with van der Waals surface area (Å²) in [4.78, 5) is 29.5. The van der Waals surface area contributed by atoms with E-state index in [1.807, 2.05) is 6.26 Å². The van der Waals surface area contributed by atoms with E-state index in [0.717, 1.165) is 5.75 Å². The van der Waals surface area contributed by atoms with Gasteiger partial charge in [0, 0.05) is 31.1 Å². The predicted molar refractivity (Wildman–Crippen MR) is 111 cm³/mol. The molecule has 2 aromatic heterocycles. The summed E-state index contributed by atoms with van der Waals surface area (Å²) in [6, 6.07) is 0.823. The van der Waals surface area contributed by atoms with Crippen molar-refractivity contribution in [2.24, 2.45) is 0 Å². The lowest BCUT2D eigenvalue weighted by Gasteiger charge is -2.36. The summed E-state index contributed by atoms with van der Waals surface area (Å²) < 4.78 is 16.5. The monoisotopic (exact) mass is 437 g/mol. The maximum atomic E-state index is 13.1. The average Bonchev–Trinajstić information content (AvgIpc) is 3.14. The summed E-state index contributed by atoms with van der Waals surface area (Å²) >= 11 is 1.65. The van der Waals surface area contributed by atoms with Gasteiger partial charge in [-0.2, -0.15) is 16.7 Å². The number of carbonyl (C=O) groups is 1. The molecule has 9 nitrogen and oxygen atoms in total. The molecule has 1 aliphatic rings. The number of carbonyl (C=O) groups excluding carboxylic acids is 1. The topological polar surface area (TPSA) is 128 Å². The molecule has 0 radical (unpaired) electrons. The Bertz CT molecular complexity index is 935. The van der Waals surface area contributed by atoms with E-state index in [1.54, 1.807) is 25.6 Å². The second-order valence-electron chi connectivity index (χ2n) is 7.55. The number of aromatic hydroxyl groups is 1. The second-order valence-corrected chi connectivity index (χ2v) is 8.54. The zero-order chi connectivity index (χ0) is 21.7. The van der Waals surface area contributed by atoms with Crippen LogP contribution in [-0.4, -0.2) is 46.4 Å². The lowest BCUT2D eigenvalue weighted by atomic mass is 9.74. The van der Waals surface area contributed by atoms with Crippen molar-refractivity contribution < 1.29 is 23.6 Å². The molecule has 1 saturated heterocycles. The van der Waals surface area contributed by atoms with Gasteiger partial charge in [-0.05, 0) is 45.1 Å². The van der Waals surface area contributed by atoms with Gasteiger partial charge < -0.3 is 24.1 Å². The van der Waals surface area contributed by atoms with E-state index >= 15 is 0 Å². The van der Waals surface area contributed by atoms with Crippen LogP contribution in [0.15, 0.2) is 19.8 Å². The summed E-state index contributed by atoms with van der Waals surface area (Å²) in [6.07, 6.45) is 3.57. The zero-order valence-electron chi connectivity index (χ0n) is 17.4. The Morgan fingerprint density at radius 2 is 2.10 bits per heavy atom. The van der Waals surface area contributed by atoms with Crippen LogP contribution in [0.25, 0.3) is 0 Å². The summed E-state index contributed by atoms with van der Waals surface area (Å²) in [7, 11) is 0. The molecule has 3 rings (SSSR count). The molecular formula is C20H27N3O6S. The van der Waals surface area contributed by atoms with Gasteiger partial charge in [-0.3, -0.25) is 9.59 Å². The maximum absolute atomic E-state index is 13.1. The minimum absolute atomic E-state index is 0.0409. The third-order valence-electron chi connectivity index (χ3n) is 5.26. The highest BCUT2D eigenvalue weighted by atomic mass is 32.2. The second kappa shape index (κ2) is 9.65. The Balaban J connectivity index is 1.86. The number of thioether (sulfide) groups is 1. The fourth-order valence-corrected chi connectivity index (χ4v) is 4.18. The van der Waals surface area contributed by atoms with E-state index in [0.29, 0.717) is 50.0 Å². The number of nitrogens with one attached hydrogen (secondary N) is 1. The van der Waals surface area contributed by atoms with Gasteiger partial charge in [-0.25, -0.2) is 0 Å². The third-order valence-corrected chi connectivity index (χ3v) is 5.91. The van der Waals surface area contributed by atoms with Crippen molar-refractivity contribution in [2.75, 3.05) is 25.2 Å². The molecule has 2 N–H and O–H groups in total. The Kier molecular flexibility index (Phi) is 7.19. The molecule has 2 aromatic rings. The highest BCUT2D eigenvalue weighted by molar-refractivity contribution is 7.98. The van der Waals surface area contributed by atoms with E-state index in [1.165, 1.54) is 6.07 Å². The molecule has 164 valence electrons. The van der Waals surface area contributed by atoms with Crippen LogP contribution in [0.4, 0.5) is 0 Å². The Morgan fingerprint density at radius 1 is 1.37 bits per heavy atom. The first-order chi connectivity index (χ1) is 14.3. The smallest absolute Gasteiger partial charge is 0.249 e. The van der Waals surface area contributed by atoms with Crippen LogP contribution in [-0.2, 0) is 14.9 Å². The minimum Gasteiger partial charge on any atom is -0.502 e. The molecule has 1 fully saturated rings. The van der Waals surface area contributed by atoms with Crippen LogP contribution in [0.3, 0.4) is 0 Å². The number of amides is 1. The van der Waals surface area contributed by atoms with Gasteiger partial charge in [0.25, 0.3) is 0 Å². The van der Waals surface area contributed by atoms with E-state index in [4.69, 9.17) is 13.7 Å². The Morgan fingerprint density at radius 3 is 2.73 bits per heavy atom. The van der Waals surface area contributed by atoms with Crippen molar-refractivity contribution in [1.82, 2.24) is 15.5 Å². The predicted octanol–water partition coefficient (Wildman–Crippen LogP) is 2.39. The van der Waals surface area contributed by atoms with Gasteiger partial charge >= 0.3 is 0 Å². The van der Waals surface area contributed by atoms with Crippen LogP contribution in [0.2, 0.25) is 0 Å². The van der Waals surface area contributed by atoms with Crippen LogP contribution in [0, 0.1) is 13.8 Å². The van der Waals surface area contributed by atoms with Crippen molar-refractivity contribution in [2.45, 2.75) is 51.0 Å². The largest absolute Gasteiger partial charge is 0.502 e. The molecule has 1 atom stereocenters. The first-order valence-corrected chi connectivity index (χ1v) is 11.2. The first kappa shape index (κ1) is 22.4. The lowest BCUT2D eigenvalue weighted by molar-refractivity contribution is -0.124. The van der Waals surface area contributed by atoms with Crippen LogP contribution in [0.5, 0.6) is 5.75 Å². The molecule has 0 aliphatic carbocycles. The van der Waals surface area contributed by atoms with Crippen molar-refractivity contribution in [3.05, 3.63) is 39.5 Å². The van der Waals surface area contributed by atoms with E-state index in [-0.39, 0.29) is 18.1 Å². The number of hydrogen-bond acceptors (Lipinski definition) is 9. The van der Waals surface area contributed by atoms with Gasteiger partial charge in [0.1, 0.15) is 11.8 Å². The molecule has 0 aromatic carbocycles. The Hall–Kier alpha value is -2.33. The van der Waals surface area contributed by atoms with Gasteiger partial charge in [0.15, 0.2) is 11.6 Å². The van der Waals surface area contributed by atoms with Crippen LogP contribution in [0.1, 0.15) is 55.0 Å². The molecule has 30 heavy (non-hydrogen) atoms. The van der Waals surface area contributed by atoms with Crippen molar-refractivity contribution in [1.29, 1.82) is 0 Å². The van der Waals surface area contributed by atoms with Crippen LogP contribution >= 0.6 is 11.8 Å². The Labute approximate surface area is 178 Å². The lowest BCUT2D eigenvalue weighted by Crippen LogP contribution is -2.41. The number of nitrogens with zero attached hydrogens (tertiary/aromatic N) is 2. The normalized spacial score (nSPS) is 16.9. The van der Waals surface area contributed by atoms with E-state index in [9.17, 15) is 14.7 Å². The van der Waals surface area contributed by atoms with Crippen molar-refractivity contribution >= 4 is 17.7 Å². The number of hydrogen-bond donors (Lipinski definition) is 2. The molecule has 3 heterocycles. The molecule has 1 unspecified atom stereocenters. The van der Waals surface area contributed by atoms with Gasteiger partial charge in [0.05, 0.1) is 0 Å². The SMILES string of the molecule is CSCCC(NC(=O)CC1(c2oc(C)cc(=O)c2O)CCOCC1)c1nc(C)no1. The number of rotatable bonds is 8. The number of ether oxygens (including phenoxy) is 1. The summed E-state index contributed by atoms with van der Waals surface area (Å²) in [6.45, 7) is 4.18. The summed E-state index contributed by atoms with van der Waals surface area (Å²) in [5.74, 6) is 1.52. The molecule has 10 heteroatoms. The van der Waals surface area contributed by atoms with Gasteiger partial charge in [0.2, 0.25) is 23.0 Å². The number of aryl methyl sites for hydroxylation is 2. The minimum atomic E-state index is -0.827. The zero-order valence-corrected chi connectivity index (χ0v) is 18.2. The van der Waals surface area contributed by atoms with Gasteiger partial charge in [-0.1, -0.05) is 5.16 Å². The number of aromatic nitrogens is 2. The van der Waals surface area contributed by atoms with E-state index in [2.05, 4.69) is 15.5 Å². The fraction of sp³-hybridized carbons (Fsp3) is 0.600. The average molecular weight is 438 g/mol. The highest BCUT2D eigenvalue weighted by Crippen LogP contribution is 2.41. The third kappa shape index (κ3) is 5.04. The quantitative estimate of drug-likeness (QED) is 0.640. The summed E-state index contributed by atoms with van der Waals surface area (Å²) in [5.41, 5.74) is -1.34. The molecule has 1 amide bonds. The fourth-order valence-electron chi connectivity index (χ4n) is 3.71. The molecule has 1 aliphatic heterocycles. The molecule has 0 saturated carbocycles. The molecular weight excluding hydrogens is 410 g/mol. The van der Waals surface area contributed by atoms with Crippen molar-refractivity contribution in [3.8, 4) is 5.75 Å². The van der Waals surface area contributed by atoms with Crippen molar-refractivity contribution in [3.63, 3.8) is 0 Å². The van der Waals surface area contributed by atoms with E-state index < -0.39 is 22.6 Å². The summed E-state index contributed by atoms with van der Waals surface area (Å²) in [5, 5.41) is 17.2. The first-order valence-electron chi connectivity index (χ1n) is 9.85. The molecule has 0 bridgehead atoms. The highest BCUT2D eigenvalue weighted by Gasteiger charge is 2.42. The molecule has 0 spiro atoms. The van der Waals surface area contributed by atoms with Gasteiger partial charge in [-0.15, -0.1) is 0 Å².